The van der Waals surface area contributed by atoms with E-state index in [9.17, 15) is 9.90 Å². The predicted molar refractivity (Wildman–Crippen MR) is 101 cm³/mol. The number of allylic oxidation sites excluding steroid dienone is 1. The van der Waals surface area contributed by atoms with Gasteiger partial charge in [-0.2, -0.15) is 0 Å². The molecule has 0 amide bonds. The minimum Gasteiger partial charge on any atom is -1.00 e. The van der Waals surface area contributed by atoms with Gasteiger partial charge in [0.15, 0.2) is 0 Å². The van der Waals surface area contributed by atoms with E-state index in [1.54, 1.807) is 0 Å². The summed E-state index contributed by atoms with van der Waals surface area (Å²) < 4.78 is 6.63. The van der Waals surface area contributed by atoms with E-state index < -0.39 is 11.5 Å². The van der Waals surface area contributed by atoms with E-state index in [0.29, 0.717) is 6.61 Å². The molecule has 0 spiro atoms. The molecule has 1 fully saturated rings. The maximum absolute atomic E-state index is 13.0. The van der Waals surface area contributed by atoms with Crippen molar-refractivity contribution in [1.29, 1.82) is 0 Å². The number of hydrogen-bond acceptors (Lipinski definition) is 3. The zero-order valence-electron chi connectivity index (χ0n) is 16.9. The summed E-state index contributed by atoms with van der Waals surface area (Å²) in [6.45, 7) is 7.69. The number of esters is 1. The average Bonchev–Trinajstić information content (AvgIpc) is 2.63. The molecule has 26 heavy (non-hydrogen) atoms. The van der Waals surface area contributed by atoms with Crippen molar-refractivity contribution < 1.29 is 36.1 Å². The number of hydrogen-bond donors (Lipinski definition) is 1. The molecule has 1 N–H and O–H groups in total. The van der Waals surface area contributed by atoms with Crippen molar-refractivity contribution >= 4 is 5.97 Å². The van der Waals surface area contributed by atoms with Crippen LogP contribution in [0.25, 0.3) is 0 Å². The first-order valence-electron chi connectivity index (χ1n) is 10.4. The molecular formula is C21H38BrNO3. The molecule has 2 aliphatic rings. The molecular weight excluding hydrogens is 394 g/mol. The normalized spacial score (nSPS) is 21.3. The summed E-state index contributed by atoms with van der Waals surface area (Å²) in [6.07, 6.45) is 11.1. The molecule has 0 aliphatic heterocycles. The fourth-order valence-corrected chi connectivity index (χ4v) is 4.28. The lowest BCUT2D eigenvalue weighted by Crippen LogP contribution is -3.00. The van der Waals surface area contributed by atoms with Crippen LogP contribution in [0.2, 0.25) is 0 Å². The van der Waals surface area contributed by atoms with Crippen molar-refractivity contribution in [2.24, 2.45) is 5.92 Å². The van der Waals surface area contributed by atoms with Gasteiger partial charge in [0.2, 0.25) is 0 Å². The van der Waals surface area contributed by atoms with Crippen LogP contribution in [-0.2, 0) is 9.53 Å². The topological polar surface area (TPSA) is 46.5 Å². The van der Waals surface area contributed by atoms with Gasteiger partial charge in [-0.05, 0) is 52.4 Å². The third-order valence-electron chi connectivity index (χ3n) is 6.59. The molecule has 2 rings (SSSR count). The maximum Gasteiger partial charge on any atom is 0.316 e. The number of carbonyl (C=O) groups excluding carboxylic acids is 1. The lowest BCUT2D eigenvalue weighted by molar-refractivity contribution is -0.906. The highest BCUT2D eigenvalue weighted by Crippen LogP contribution is 2.41. The minimum absolute atomic E-state index is 0. The fourth-order valence-electron chi connectivity index (χ4n) is 4.28. The van der Waals surface area contributed by atoms with Crippen molar-refractivity contribution in [3.8, 4) is 0 Å². The van der Waals surface area contributed by atoms with Gasteiger partial charge in [-0.3, -0.25) is 4.79 Å². The third-order valence-corrected chi connectivity index (χ3v) is 6.59. The highest BCUT2D eigenvalue weighted by atomic mass is 79.9. The predicted octanol–water partition coefficient (Wildman–Crippen LogP) is 0.832. The second-order valence-corrected chi connectivity index (χ2v) is 8.27. The Morgan fingerprint density at radius 3 is 2.38 bits per heavy atom. The molecule has 4 nitrogen and oxygen atoms in total. The van der Waals surface area contributed by atoms with Crippen LogP contribution in [0.3, 0.4) is 0 Å². The molecule has 0 saturated heterocycles. The number of aliphatic hydroxyl groups is 1. The Bertz CT molecular complexity index is 468. The number of nitrogens with zero attached hydrogens (tertiary/aromatic N) is 1. The molecule has 1 atom stereocenters. The lowest BCUT2D eigenvalue weighted by Gasteiger charge is -2.40. The molecule has 1 unspecified atom stereocenters. The molecule has 0 bridgehead atoms. The third kappa shape index (κ3) is 6.07. The smallest absolute Gasteiger partial charge is 0.316 e. The van der Waals surface area contributed by atoms with Crippen molar-refractivity contribution in [2.45, 2.75) is 77.2 Å². The van der Waals surface area contributed by atoms with E-state index in [0.717, 1.165) is 81.1 Å². The van der Waals surface area contributed by atoms with Gasteiger partial charge >= 0.3 is 5.97 Å². The molecule has 0 radical (unpaired) electrons. The van der Waals surface area contributed by atoms with Crippen molar-refractivity contribution in [1.82, 2.24) is 0 Å². The number of likely N-dealkylation sites (N-methyl/N-ethyl adjacent to an activating group) is 1. The standard InChI is InChI=1S/C21H38NO3.BrH/c1-4-22(3,5-2)16-17-25-20(23)19(18-12-8-6-9-13-18)21(24)14-10-7-11-15-21;/h12,19,24H,4-11,13-17H2,1-3H3;1H/q+1;/p-1. The summed E-state index contributed by atoms with van der Waals surface area (Å²) >= 11 is 0. The van der Waals surface area contributed by atoms with Crippen LogP contribution < -0.4 is 17.0 Å². The Kier molecular flexibility index (Phi) is 9.84. The Morgan fingerprint density at radius 1 is 1.19 bits per heavy atom. The fraction of sp³-hybridized carbons (Fsp3) is 0.857. The Balaban J connectivity index is 0.00000338. The van der Waals surface area contributed by atoms with Gasteiger partial charge in [0.1, 0.15) is 19.1 Å². The number of halogens is 1. The summed E-state index contributed by atoms with van der Waals surface area (Å²) in [5.41, 5.74) is 0.232. The largest absolute Gasteiger partial charge is 1.00 e. The van der Waals surface area contributed by atoms with E-state index in [4.69, 9.17) is 4.74 Å². The molecule has 0 heterocycles. The van der Waals surface area contributed by atoms with Crippen molar-refractivity contribution in [2.75, 3.05) is 33.3 Å². The maximum atomic E-state index is 13.0. The summed E-state index contributed by atoms with van der Waals surface area (Å²) in [5, 5.41) is 11.3. The second-order valence-electron chi connectivity index (χ2n) is 8.27. The van der Waals surface area contributed by atoms with Crippen LogP contribution in [-0.4, -0.2) is 54.4 Å². The molecule has 1 saturated carbocycles. The number of carbonyl (C=O) groups is 1. The number of ether oxygens (including phenoxy) is 1. The number of rotatable bonds is 8. The molecule has 0 aromatic rings. The Labute approximate surface area is 170 Å². The quantitative estimate of drug-likeness (QED) is 0.351. The monoisotopic (exact) mass is 431 g/mol. The first-order chi connectivity index (χ1) is 11.9. The highest BCUT2D eigenvalue weighted by Gasteiger charge is 2.45. The van der Waals surface area contributed by atoms with Crippen molar-refractivity contribution in [3.63, 3.8) is 0 Å². The summed E-state index contributed by atoms with van der Waals surface area (Å²) in [4.78, 5) is 13.0. The zero-order chi connectivity index (χ0) is 18.3. The van der Waals surface area contributed by atoms with Crippen LogP contribution in [0.4, 0.5) is 0 Å². The van der Waals surface area contributed by atoms with Gasteiger partial charge in [-0.25, -0.2) is 0 Å². The molecule has 0 aromatic heterocycles. The molecule has 2 aliphatic carbocycles. The van der Waals surface area contributed by atoms with Crippen LogP contribution >= 0.6 is 0 Å². The molecule has 0 aromatic carbocycles. The van der Waals surface area contributed by atoms with Crippen LogP contribution in [0.5, 0.6) is 0 Å². The van der Waals surface area contributed by atoms with Gasteiger partial charge in [-0.1, -0.05) is 30.9 Å². The highest BCUT2D eigenvalue weighted by molar-refractivity contribution is 5.77. The van der Waals surface area contributed by atoms with E-state index >= 15 is 0 Å². The Morgan fingerprint density at radius 2 is 1.85 bits per heavy atom. The van der Waals surface area contributed by atoms with Gasteiger partial charge in [0.25, 0.3) is 0 Å². The summed E-state index contributed by atoms with van der Waals surface area (Å²) in [6, 6.07) is 0. The van der Waals surface area contributed by atoms with Gasteiger partial charge in [0, 0.05) is 0 Å². The SMILES string of the molecule is CC[N+](C)(CC)CCOC(=O)C(C1=CCCCC1)C1(O)CCCCC1.[Br-]. The summed E-state index contributed by atoms with van der Waals surface area (Å²) in [5.74, 6) is -0.647. The zero-order valence-corrected chi connectivity index (χ0v) is 18.5. The van der Waals surface area contributed by atoms with E-state index in [-0.39, 0.29) is 23.0 Å². The summed E-state index contributed by atoms with van der Waals surface area (Å²) in [7, 11) is 2.20. The van der Waals surface area contributed by atoms with Gasteiger partial charge < -0.3 is 31.3 Å². The average molecular weight is 432 g/mol. The molecule has 5 heteroatoms. The van der Waals surface area contributed by atoms with Gasteiger partial charge in [-0.15, -0.1) is 0 Å². The van der Waals surface area contributed by atoms with E-state index in [2.05, 4.69) is 27.0 Å². The Hall–Kier alpha value is -0.390. The van der Waals surface area contributed by atoms with Gasteiger partial charge in [0.05, 0.1) is 25.7 Å². The van der Waals surface area contributed by atoms with Crippen LogP contribution in [0.15, 0.2) is 11.6 Å². The number of quaternary nitrogens is 1. The van der Waals surface area contributed by atoms with Crippen LogP contribution in [0, 0.1) is 5.92 Å². The first-order valence-corrected chi connectivity index (χ1v) is 10.4. The van der Waals surface area contributed by atoms with E-state index in [1.165, 1.54) is 6.42 Å². The molecule has 152 valence electrons. The second kappa shape index (κ2) is 10.8. The minimum atomic E-state index is -0.897. The first kappa shape index (κ1) is 23.6. The van der Waals surface area contributed by atoms with Crippen molar-refractivity contribution in [3.05, 3.63) is 11.6 Å². The lowest BCUT2D eigenvalue weighted by atomic mass is 9.70. The van der Waals surface area contributed by atoms with Crippen LogP contribution in [0.1, 0.15) is 71.6 Å². The van der Waals surface area contributed by atoms with E-state index in [1.807, 2.05) is 0 Å².